The number of nitrogens with one attached hydrogen (secondary N) is 1. The van der Waals surface area contributed by atoms with Gasteiger partial charge in [0.15, 0.2) is 0 Å². The molecule has 0 aliphatic heterocycles. The Morgan fingerprint density at radius 2 is 2.18 bits per heavy atom. The predicted molar refractivity (Wildman–Crippen MR) is 43.4 cm³/mol. The number of nitrogens with zero attached hydrogens (tertiary/aromatic N) is 1. The van der Waals surface area contributed by atoms with Crippen LogP contribution in [0, 0.1) is 0 Å². The molecule has 0 aromatic rings. The lowest BCUT2D eigenvalue weighted by Crippen LogP contribution is -2.43. The zero-order valence-electron chi connectivity index (χ0n) is 7.34. The second-order valence-electron chi connectivity index (χ2n) is 2.82. The van der Waals surface area contributed by atoms with Crippen LogP contribution in [0.3, 0.4) is 0 Å². The molecule has 0 aliphatic rings. The molecule has 0 fully saturated rings. The van der Waals surface area contributed by atoms with E-state index in [1.54, 1.807) is 0 Å². The Balaban J connectivity index is 3.99. The topological polar surface area (TPSA) is 50.7 Å². The molecule has 0 heterocycles. The smallest absolute Gasteiger partial charge is 0.217 e. The number of hydrogen-bond acceptors (Lipinski definition) is 3. The molecule has 0 unspecified atom stereocenters. The van der Waals surface area contributed by atoms with E-state index >= 15 is 0 Å². The van der Waals surface area contributed by atoms with Crippen LogP contribution in [0.25, 0.3) is 0 Å². The van der Waals surface area contributed by atoms with Gasteiger partial charge in [0.1, 0.15) is 7.11 Å². The maximum Gasteiger partial charge on any atom is 0.217 e. The Bertz CT molecular complexity index is 164. The van der Waals surface area contributed by atoms with E-state index in [1.807, 2.05) is 13.8 Å². The molecule has 64 valence electrons. The second-order valence-corrected chi connectivity index (χ2v) is 2.82. The van der Waals surface area contributed by atoms with Gasteiger partial charge in [0.2, 0.25) is 5.91 Å². The van der Waals surface area contributed by atoms with E-state index < -0.39 is 5.54 Å². The molecule has 0 radical (unpaired) electrons. The van der Waals surface area contributed by atoms with Crippen molar-refractivity contribution in [3.8, 4) is 0 Å². The van der Waals surface area contributed by atoms with Gasteiger partial charge >= 0.3 is 0 Å². The van der Waals surface area contributed by atoms with Crippen LogP contribution in [0.5, 0.6) is 0 Å². The summed E-state index contributed by atoms with van der Waals surface area (Å²) in [6, 6.07) is 0. The highest BCUT2D eigenvalue weighted by Crippen LogP contribution is 1.96. The number of rotatable bonds is 3. The Morgan fingerprint density at radius 3 is 2.55 bits per heavy atom. The zero-order chi connectivity index (χ0) is 8.91. The molecule has 0 aliphatic carbocycles. The number of amides is 1. The van der Waals surface area contributed by atoms with Crippen LogP contribution < -0.4 is 5.32 Å². The van der Waals surface area contributed by atoms with Crippen molar-refractivity contribution in [1.29, 1.82) is 0 Å². The van der Waals surface area contributed by atoms with E-state index in [-0.39, 0.29) is 5.91 Å². The zero-order valence-corrected chi connectivity index (χ0v) is 7.34. The molecule has 0 aromatic carbocycles. The minimum atomic E-state index is -0.443. The number of carbonyl (C=O) groups excluding carboxylic acids is 1. The summed E-state index contributed by atoms with van der Waals surface area (Å²) in [5, 5.41) is 6.24. The molecule has 0 spiro atoms. The van der Waals surface area contributed by atoms with Gasteiger partial charge in [-0.1, -0.05) is 5.16 Å². The van der Waals surface area contributed by atoms with Gasteiger partial charge in [-0.2, -0.15) is 0 Å². The summed E-state index contributed by atoms with van der Waals surface area (Å²) in [7, 11) is 1.46. The summed E-state index contributed by atoms with van der Waals surface area (Å²) in [4.78, 5) is 15.1. The van der Waals surface area contributed by atoms with E-state index in [4.69, 9.17) is 0 Å². The Hall–Kier alpha value is -1.06. The molecule has 1 amide bonds. The van der Waals surface area contributed by atoms with E-state index in [0.717, 1.165) is 0 Å². The summed E-state index contributed by atoms with van der Waals surface area (Å²) in [5.41, 5.74) is -0.443. The molecule has 1 N–H and O–H groups in total. The molecule has 0 bridgehead atoms. The average Bonchev–Trinajstić information content (AvgIpc) is 1.81. The van der Waals surface area contributed by atoms with Crippen molar-refractivity contribution in [2.45, 2.75) is 26.3 Å². The van der Waals surface area contributed by atoms with Crippen molar-refractivity contribution in [3.05, 3.63) is 0 Å². The van der Waals surface area contributed by atoms with Crippen LogP contribution in [-0.2, 0) is 9.63 Å². The van der Waals surface area contributed by atoms with Crippen LogP contribution in [0.4, 0.5) is 0 Å². The normalized spacial score (nSPS) is 11.6. The molecule has 0 aromatic heterocycles. The van der Waals surface area contributed by atoms with Crippen molar-refractivity contribution in [3.63, 3.8) is 0 Å². The molecule has 4 heteroatoms. The first kappa shape index (κ1) is 9.94. The van der Waals surface area contributed by atoms with Crippen molar-refractivity contribution in [2.75, 3.05) is 7.11 Å². The number of hydrogen-bond donors (Lipinski definition) is 1. The first-order chi connectivity index (χ1) is 4.98. The highest BCUT2D eigenvalue weighted by Gasteiger charge is 2.15. The van der Waals surface area contributed by atoms with Gasteiger partial charge in [-0.25, -0.2) is 0 Å². The largest absolute Gasteiger partial charge is 0.399 e. The SMILES string of the molecule is CON=CC(C)(C)NC(C)=O. The van der Waals surface area contributed by atoms with Gasteiger partial charge in [0.05, 0.1) is 11.8 Å². The highest BCUT2D eigenvalue weighted by atomic mass is 16.6. The minimum absolute atomic E-state index is 0.0856. The van der Waals surface area contributed by atoms with Crippen molar-refractivity contribution >= 4 is 12.1 Å². The predicted octanol–water partition coefficient (Wildman–Crippen LogP) is 0.533. The number of oxime groups is 1. The lowest BCUT2D eigenvalue weighted by molar-refractivity contribution is -0.119. The van der Waals surface area contributed by atoms with E-state index in [1.165, 1.54) is 20.2 Å². The van der Waals surface area contributed by atoms with Crippen LogP contribution in [-0.4, -0.2) is 24.8 Å². The first-order valence-corrected chi connectivity index (χ1v) is 3.34. The number of carbonyl (C=O) groups is 1. The van der Waals surface area contributed by atoms with Crippen molar-refractivity contribution < 1.29 is 9.63 Å². The average molecular weight is 158 g/mol. The summed E-state index contributed by atoms with van der Waals surface area (Å²) < 4.78 is 0. The fourth-order valence-electron chi connectivity index (χ4n) is 0.670. The quantitative estimate of drug-likeness (QED) is 0.481. The van der Waals surface area contributed by atoms with Crippen LogP contribution in [0.2, 0.25) is 0 Å². The molecule has 0 saturated heterocycles. The molecule has 0 rings (SSSR count). The summed E-state index contributed by atoms with van der Waals surface area (Å²) in [6.45, 7) is 5.12. The second kappa shape index (κ2) is 3.95. The van der Waals surface area contributed by atoms with Crippen LogP contribution in [0.1, 0.15) is 20.8 Å². The lowest BCUT2D eigenvalue weighted by atomic mass is 10.1. The van der Waals surface area contributed by atoms with Crippen LogP contribution in [0.15, 0.2) is 5.16 Å². The highest BCUT2D eigenvalue weighted by molar-refractivity contribution is 5.80. The molecular weight excluding hydrogens is 144 g/mol. The monoisotopic (exact) mass is 158 g/mol. The van der Waals surface area contributed by atoms with Gasteiger partial charge in [-0.05, 0) is 13.8 Å². The lowest BCUT2D eigenvalue weighted by Gasteiger charge is -2.19. The Labute approximate surface area is 66.6 Å². The van der Waals surface area contributed by atoms with Gasteiger partial charge in [0.25, 0.3) is 0 Å². The van der Waals surface area contributed by atoms with Gasteiger partial charge in [-0.3, -0.25) is 4.79 Å². The fraction of sp³-hybridized carbons (Fsp3) is 0.714. The third kappa shape index (κ3) is 5.39. The van der Waals surface area contributed by atoms with Crippen LogP contribution >= 0.6 is 0 Å². The Kier molecular flexibility index (Phi) is 3.57. The van der Waals surface area contributed by atoms with E-state index in [0.29, 0.717) is 0 Å². The third-order valence-electron chi connectivity index (χ3n) is 0.979. The summed E-state index contributed by atoms with van der Waals surface area (Å²) in [5.74, 6) is -0.0856. The minimum Gasteiger partial charge on any atom is -0.399 e. The standard InChI is InChI=1S/C7H14N2O2/c1-6(10)9-7(2,3)5-8-11-4/h5H,1-4H3,(H,9,10). The fourth-order valence-corrected chi connectivity index (χ4v) is 0.670. The van der Waals surface area contributed by atoms with E-state index in [2.05, 4.69) is 15.3 Å². The van der Waals surface area contributed by atoms with Crippen molar-refractivity contribution in [2.24, 2.45) is 5.16 Å². The van der Waals surface area contributed by atoms with Gasteiger partial charge < -0.3 is 10.2 Å². The maximum absolute atomic E-state index is 10.6. The summed E-state index contributed by atoms with van der Waals surface area (Å²) >= 11 is 0. The van der Waals surface area contributed by atoms with Gasteiger partial charge in [-0.15, -0.1) is 0 Å². The molecule has 0 atom stereocenters. The molecular formula is C7H14N2O2. The molecule has 11 heavy (non-hydrogen) atoms. The van der Waals surface area contributed by atoms with Gasteiger partial charge in [0, 0.05) is 6.92 Å². The Morgan fingerprint density at radius 1 is 1.64 bits per heavy atom. The van der Waals surface area contributed by atoms with Crippen molar-refractivity contribution in [1.82, 2.24) is 5.32 Å². The first-order valence-electron chi connectivity index (χ1n) is 3.34. The third-order valence-corrected chi connectivity index (χ3v) is 0.979. The molecule has 4 nitrogen and oxygen atoms in total. The maximum atomic E-state index is 10.6. The van der Waals surface area contributed by atoms with E-state index in [9.17, 15) is 4.79 Å². The molecule has 0 saturated carbocycles. The summed E-state index contributed by atoms with van der Waals surface area (Å²) in [6.07, 6.45) is 1.54.